The van der Waals surface area contributed by atoms with Gasteiger partial charge in [-0.1, -0.05) is 83.5 Å². The lowest BCUT2D eigenvalue weighted by atomic mass is 10.0. The number of unbranched alkanes of at least 4 members (excludes halogenated alkanes) is 2. The van der Waals surface area contributed by atoms with Crippen LogP contribution in [0.3, 0.4) is 0 Å². The third-order valence-corrected chi connectivity index (χ3v) is 8.14. The van der Waals surface area contributed by atoms with Crippen molar-refractivity contribution < 1.29 is 14.3 Å². The Balaban J connectivity index is 1.72. The van der Waals surface area contributed by atoms with Crippen molar-refractivity contribution in [1.29, 1.82) is 0 Å². The molecule has 1 unspecified atom stereocenters. The summed E-state index contributed by atoms with van der Waals surface area (Å²) >= 11 is 0. The SMILES string of the molecule is CCN(CC)CCN(CC)CC(Cc1ccc(NC(=O)CCCCCNC(=O)OCc2ccccc2)cc1)N(CC)CC. The van der Waals surface area contributed by atoms with Crippen LogP contribution in [0.2, 0.25) is 0 Å². The van der Waals surface area contributed by atoms with Crippen molar-refractivity contribution in [3.63, 3.8) is 0 Å². The molecule has 2 N–H and O–H groups in total. The molecule has 0 fully saturated rings. The first kappa shape index (κ1) is 36.3. The lowest BCUT2D eigenvalue weighted by Gasteiger charge is -2.35. The number of alkyl carbamates (subject to hydrolysis) is 1. The van der Waals surface area contributed by atoms with Gasteiger partial charge < -0.3 is 25.2 Å². The number of carbonyl (C=O) groups excluding carboxylic acids is 2. The molecule has 2 aromatic rings. The van der Waals surface area contributed by atoms with Gasteiger partial charge in [0.1, 0.15) is 6.61 Å². The molecule has 8 heteroatoms. The van der Waals surface area contributed by atoms with Crippen LogP contribution in [0.5, 0.6) is 0 Å². The normalized spacial score (nSPS) is 12.1. The van der Waals surface area contributed by atoms with E-state index in [0.717, 1.165) is 89.3 Å². The zero-order valence-electron chi connectivity index (χ0n) is 27.4. The van der Waals surface area contributed by atoms with Gasteiger partial charge in [0.05, 0.1) is 0 Å². The van der Waals surface area contributed by atoms with E-state index in [-0.39, 0.29) is 12.5 Å². The summed E-state index contributed by atoms with van der Waals surface area (Å²) in [6.07, 6.45) is 3.49. The molecule has 0 aliphatic rings. The number of likely N-dealkylation sites (N-methyl/N-ethyl adjacent to an activating group) is 3. The molecule has 0 aliphatic carbocycles. The molecule has 8 nitrogen and oxygen atoms in total. The molecule has 0 aliphatic heterocycles. The number of hydrogen-bond donors (Lipinski definition) is 2. The molecular weight excluding hydrogens is 538 g/mol. The first-order chi connectivity index (χ1) is 20.9. The van der Waals surface area contributed by atoms with Crippen molar-refractivity contribution in [2.75, 3.05) is 64.2 Å². The Morgan fingerprint density at radius 2 is 1.40 bits per heavy atom. The van der Waals surface area contributed by atoms with Gasteiger partial charge in [0.25, 0.3) is 0 Å². The van der Waals surface area contributed by atoms with Crippen LogP contribution in [-0.4, -0.2) is 91.6 Å². The summed E-state index contributed by atoms with van der Waals surface area (Å²) in [5, 5.41) is 5.81. The first-order valence-corrected chi connectivity index (χ1v) is 16.4. The molecule has 0 bridgehead atoms. The second kappa shape index (κ2) is 21.7. The van der Waals surface area contributed by atoms with Gasteiger partial charge in [0.2, 0.25) is 5.91 Å². The van der Waals surface area contributed by atoms with E-state index in [9.17, 15) is 9.59 Å². The fraction of sp³-hybridized carbons (Fsp3) is 0.600. The van der Waals surface area contributed by atoms with Gasteiger partial charge in [-0.05, 0) is 75.2 Å². The number of anilines is 1. The summed E-state index contributed by atoms with van der Waals surface area (Å²) in [5.74, 6) is 0.0239. The van der Waals surface area contributed by atoms with Crippen molar-refractivity contribution in [3.05, 3.63) is 65.7 Å². The average Bonchev–Trinajstić information content (AvgIpc) is 3.03. The Labute approximate surface area is 261 Å². The predicted molar refractivity (Wildman–Crippen MR) is 178 cm³/mol. The maximum atomic E-state index is 12.5. The van der Waals surface area contributed by atoms with E-state index in [4.69, 9.17) is 4.74 Å². The first-order valence-electron chi connectivity index (χ1n) is 16.4. The monoisotopic (exact) mass is 595 g/mol. The van der Waals surface area contributed by atoms with Gasteiger partial charge in [0.15, 0.2) is 0 Å². The number of nitrogens with one attached hydrogen (secondary N) is 2. The Morgan fingerprint density at radius 1 is 0.744 bits per heavy atom. The molecule has 0 radical (unpaired) electrons. The predicted octanol–water partition coefficient (Wildman–Crippen LogP) is 6.03. The number of hydrogen-bond acceptors (Lipinski definition) is 6. The number of rotatable bonds is 22. The summed E-state index contributed by atoms with van der Waals surface area (Å²) in [7, 11) is 0. The Morgan fingerprint density at radius 3 is 2.02 bits per heavy atom. The van der Waals surface area contributed by atoms with Gasteiger partial charge in [-0.2, -0.15) is 0 Å². The second-order valence-corrected chi connectivity index (χ2v) is 11.0. The Bertz CT molecular complexity index is 1010. The smallest absolute Gasteiger partial charge is 0.407 e. The number of amides is 2. The maximum Gasteiger partial charge on any atom is 0.407 e. The highest BCUT2D eigenvalue weighted by molar-refractivity contribution is 5.90. The minimum Gasteiger partial charge on any atom is -0.445 e. The van der Waals surface area contributed by atoms with Crippen LogP contribution in [0.1, 0.15) is 71.4 Å². The molecule has 43 heavy (non-hydrogen) atoms. The summed E-state index contributed by atoms with van der Waals surface area (Å²) in [6.45, 7) is 20.6. The second-order valence-electron chi connectivity index (χ2n) is 11.0. The van der Waals surface area contributed by atoms with Crippen LogP contribution in [0.15, 0.2) is 54.6 Å². The van der Waals surface area contributed by atoms with Crippen LogP contribution in [0.25, 0.3) is 0 Å². The fourth-order valence-corrected chi connectivity index (χ4v) is 5.32. The van der Waals surface area contributed by atoms with Gasteiger partial charge >= 0.3 is 6.09 Å². The quantitative estimate of drug-likeness (QED) is 0.162. The highest BCUT2D eigenvalue weighted by Gasteiger charge is 2.20. The standard InChI is InChI=1S/C35H57N5O3/c1-6-38(7-2)25-26-39(8-3)28-33(40(9-4)10-5)27-30-20-22-32(23-21-30)37-34(41)19-15-12-16-24-36-35(42)43-29-31-17-13-11-14-18-31/h11,13-14,17-18,20-23,33H,6-10,12,15-16,19,24-29H2,1-5H3,(H,36,42)(H,37,41). The molecule has 0 saturated heterocycles. The largest absolute Gasteiger partial charge is 0.445 e. The molecule has 0 saturated carbocycles. The summed E-state index contributed by atoms with van der Waals surface area (Å²) < 4.78 is 5.22. The van der Waals surface area contributed by atoms with Gasteiger partial charge in [-0.15, -0.1) is 0 Å². The van der Waals surface area contributed by atoms with Crippen LogP contribution in [0.4, 0.5) is 10.5 Å². The minimum absolute atomic E-state index is 0.0239. The van der Waals surface area contributed by atoms with Gasteiger partial charge in [-0.25, -0.2) is 4.79 Å². The molecule has 0 spiro atoms. The van der Waals surface area contributed by atoms with Crippen LogP contribution < -0.4 is 10.6 Å². The van der Waals surface area contributed by atoms with Crippen LogP contribution in [0, 0.1) is 0 Å². The number of benzene rings is 2. The summed E-state index contributed by atoms with van der Waals surface area (Å²) in [5.41, 5.74) is 3.09. The van der Waals surface area contributed by atoms with E-state index in [1.807, 2.05) is 42.5 Å². The van der Waals surface area contributed by atoms with E-state index in [1.165, 1.54) is 5.56 Å². The van der Waals surface area contributed by atoms with E-state index in [2.05, 4.69) is 72.1 Å². The van der Waals surface area contributed by atoms with Crippen molar-refractivity contribution in [3.8, 4) is 0 Å². The molecule has 1 atom stereocenters. The van der Waals surface area contributed by atoms with Crippen molar-refractivity contribution in [2.45, 2.75) is 79.4 Å². The molecule has 2 amide bonds. The summed E-state index contributed by atoms with van der Waals surface area (Å²) in [4.78, 5) is 32.0. The minimum atomic E-state index is -0.411. The average molecular weight is 596 g/mol. The molecule has 0 aromatic heterocycles. The van der Waals surface area contributed by atoms with Gasteiger partial charge in [0, 0.05) is 44.3 Å². The van der Waals surface area contributed by atoms with E-state index in [1.54, 1.807) is 0 Å². The Hall–Kier alpha value is -2.94. The zero-order valence-corrected chi connectivity index (χ0v) is 27.4. The fourth-order valence-electron chi connectivity index (χ4n) is 5.32. The van der Waals surface area contributed by atoms with Crippen LogP contribution in [-0.2, 0) is 22.6 Å². The third kappa shape index (κ3) is 14.9. The van der Waals surface area contributed by atoms with Gasteiger partial charge in [-0.3, -0.25) is 9.69 Å². The van der Waals surface area contributed by atoms with E-state index >= 15 is 0 Å². The molecule has 2 aromatic carbocycles. The maximum absolute atomic E-state index is 12.5. The number of ether oxygens (including phenoxy) is 1. The van der Waals surface area contributed by atoms with Crippen LogP contribution >= 0.6 is 0 Å². The van der Waals surface area contributed by atoms with E-state index in [0.29, 0.717) is 19.0 Å². The van der Waals surface area contributed by atoms with Crippen molar-refractivity contribution in [2.24, 2.45) is 0 Å². The summed E-state index contributed by atoms with van der Waals surface area (Å²) in [6, 6.07) is 18.4. The molecule has 2 rings (SSSR count). The van der Waals surface area contributed by atoms with Crippen molar-refractivity contribution in [1.82, 2.24) is 20.0 Å². The lowest BCUT2D eigenvalue weighted by molar-refractivity contribution is -0.116. The van der Waals surface area contributed by atoms with Crippen molar-refractivity contribution >= 4 is 17.7 Å². The molecule has 240 valence electrons. The molecular formula is C35H57N5O3. The zero-order chi connectivity index (χ0) is 31.3. The van der Waals surface area contributed by atoms with E-state index < -0.39 is 6.09 Å². The lowest BCUT2D eigenvalue weighted by Crippen LogP contribution is -2.47. The number of nitrogens with zero attached hydrogens (tertiary/aromatic N) is 3. The Kier molecular flexibility index (Phi) is 18.3. The topological polar surface area (TPSA) is 77.2 Å². The highest BCUT2D eigenvalue weighted by atomic mass is 16.5. The highest BCUT2D eigenvalue weighted by Crippen LogP contribution is 2.16. The number of carbonyl (C=O) groups is 2. The molecule has 0 heterocycles. The third-order valence-electron chi connectivity index (χ3n) is 8.14.